The van der Waals surface area contributed by atoms with Gasteiger partial charge in [0.05, 0.1) is 19.5 Å². The molecule has 0 saturated carbocycles. The number of hydrogen-bond donors (Lipinski definition) is 0. The van der Waals surface area contributed by atoms with Crippen LogP contribution in [0.1, 0.15) is 41.0 Å². The average molecular weight is 330 g/mol. The van der Waals surface area contributed by atoms with Crippen LogP contribution in [0.4, 0.5) is 0 Å². The lowest BCUT2D eigenvalue weighted by atomic mass is 10.1. The van der Waals surface area contributed by atoms with Gasteiger partial charge in [0.25, 0.3) is 0 Å². The maximum atomic E-state index is 11.8. The molecule has 22 heavy (non-hydrogen) atoms. The molecule has 1 heterocycles. The van der Waals surface area contributed by atoms with E-state index in [1.807, 2.05) is 13.8 Å². The number of carbonyl (C=O) groups excluding carboxylic acids is 1. The molecule has 0 spiro atoms. The molecular formula is C16H30O5Si. The molecular weight excluding hydrogens is 300 g/mol. The van der Waals surface area contributed by atoms with Gasteiger partial charge < -0.3 is 18.6 Å². The predicted octanol–water partition coefficient (Wildman–Crippen LogP) is 3.61. The van der Waals surface area contributed by atoms with Crippen LogP contribution in [0.25, 0.3) is 0 Å². The molecule has 0 aliphatic carbocycles. The first-order valence-electron chi connectivity index (χ1n) is 8.11. The molecule has 0 N–H and O–H groups in total. The Bertz CT molecular complexity index is 393. The van der Waals surface area contributed by atoms with Crippen molar-refractivity contribution in [3.63, 3.8) is 0 Å². The molecule has 0 radical (unpaired) electrons. The minimum absolute atomic E-state index is 0.353. The van der Waals surface area contributed by atoms with Gasteiger partial charge in [0.1, 0.15) is 5.57 Å². The standard InChI is InChI=1S/C16H30O5Si/c1-7-22(8-2,9-3)20-11-10-14-13(15(17)18-6)12-19-16(4,5)21-14/h12,14H,7-11H2,1-6H3/t14-/m0/s1. The smallest absolute Gasteiger partial charge is 0.339 e. The van der Waals surface area contributed by atoms with Gasteiger partial charge in [0, 0.05) is 26.9 Å². The van der Waals surface area contributed by atoms with Crippen molar-refractivity contribution in [3.8, 4) is 0 Å². The maximum absolute atomic E-state index is 11.8. The summed E-state index contributed by atoms with van der Waals surface area (Å²) in [5.74, 6) is -1.15. The van der Waals surface area contributed by atoms with Crippen molar-refractivity contribution >= 4 is 14.3 Å². The molecule has 0 aromatic carbocycles. The fourth-order valence-electron chi connectivity index (χ4n) is 2.67. The van der Waals surface area contributed by atoms with Crippen molar-refractivity contribution in [2.24, 2.45) is 0 Å². The first-order valence-corrected chi connectivity index (χ1v) is 10.6. The van der Waals surface area contributed by atoms with Crippen LogP contribution in [0.15, 0.2) is 11.8 Å². The molecule has 128 valence electrons. The van der Waals surface area contributed by atoms with Crippen LogP contribution in [0.2, 0.25) is 18.1 Å². The fourth-order valence-corrected chi connectivity index (χ4v) is 5.33. The molecule has 5 nitrogen and oxygen atoms in total. The van der Waals surface area contributed by atoms with E-state index in [4.69, 9.17) is 18.6 Å². The van der Waals surface area contributed by atoms with E-state index >= 15 is 0 Å². The molecule has 1 aliphatic rings. The number of esters is 1. The summed E-state index contributed by atoms with van der Waals surface area (Å²) in [6, 6.07) is 3.33. The van der Waals surface area contributed by atoms with Crippen LogP contribution in [0.3, 0.4) is 0 Å². The van der Waals surface area contributed by atoms with E-state index in [1.54, 1.807) is 0 Å². The van der Waals surface area contributed by atoms with E-state index in [0.29, 0.717) is 18.6 Å². The Hall–Kier alpha value is -0.853. The summed E-state index contributed by atoms with van der Waals surface area (Å²) in [5, 5.41) is 0. The number of rotatable bonds is 8. The molecule has 0 fully saturated rings. The molecule has 6 heteroatoms. The zero-order valence-corrected chi connectivity index (χ0v) is 15.7. The second-order valence-electron chi connectivity index (χ2n) is 6.07. The summed E-state index contributed by atoms with van der Waals surface area (Å²) in [6.07, 6.45) is 1.74. The zero-order valence-electron chi connectivity index (χ0n) is 14.7. The number of hydrogen-bond acceptors (Lipinski definition) is 5. The highest BCUT2D eigenvalue weighted by molar-refractivity contribution is 6.73. The Morgan fingerprint density at radius 2 is 1.86 bits per heavy atom. The van der Waals surface area contributed by atoms with Crippen molar-refractivity contribution in [1.29, 1.82) is 0 Å². The lowest BCUT2D eigenvalue weighted by Crippen LogP contribution is -2.41. The van der Waals surface area contributed by atoms with Gasteiger partial charge in [0.2, 0.25) is 5.79 Å². The molecule has 0 amide bonds. The third kappa shape index (κ3) is 4.83. The molecule has 1 atom stereocenters. The van der Waals surface area contributed by atoms with Gasteiger partial charge in [-0.2, -0.15) is 0 Å². The van der Waals surface area contributed by atoms with Crippen molar-refractivity contribution in [2.45, 2.75) is 71.1 Å². The molecule has 0 bridgehead atoms. The second kappa shape index (κ2) is 8.13. The van der Waals surface area contributed by atoms with Crippen LogP contribution in [-0.2, 0) is 23.4 Å². The number of ether oxygens (including phenoxy) is 3. The summed E-state index contributed by atoms with van der Waals surface area (Å²) in [5.41, 5.74) is 0.419. The monoisotopic (exact) mass is 330 g/mol. The van der Waals surface area contributed by atoms with E-state index in [0.717, 1.165) is 18.1 Å². The van der Waals surface area contributed by atoms with E-state index in [-0.39, 0.29) is 6.10 Å². The number of carbonyl (C=O) groups is 1. The Balaban J connectivity index is 2.70. The van der Waals surface area contributed by atoms with E-state index < -0.39 is 20.1 Å². The first kappa shape index (κ1) is 19.2. The molecule has 0 aromatic heterocycles. The van der Waals surface area contributed by atoms with Crippen LogP contribution < -0.4 is 0 Å². The van der Waals surface area contributed by atoms with Crippen molar-refractivity contribution in [3.05, 3.63) is 11.8 Å². The van der Waals surface area contributed by atoms with E-state index in [9.17, 15) is 4.79 Å². The lowest BCUT2D eigenvalue weighted by Gasteiger charge is -2.36. The highest BCUT2D eigenvalue weighted by Gasteiger charge is 2.36. The SMILES string of the molecule is CC[Si](CC)(CC)OCC[C@@H]1OC(C)(C)OC=C1C(=O)OC. The van der Waals surface area contributed by atoms with Gasteiger partial charge in [-0.15, -0.1) is 0 Å². The number of methoxy groups -OCH3 is 1. The van der Waals surface area contributed by atoms with Gasteiger partial charge in [-0.1, -0.05) is 20.8 Å². The molecule has 1 rings (SSSR count). The summed E-state index contributed by atoms with van der Waals surface area (Å²) in [6.45, 7) is 10.9. The molecule has 0 saturated heterocycles. The fraction of sp³-hybridized carbons (Fsp3) is 0.812. The summed E-state index contributed by atoms with van der Waals surface area (Å²) >= 11 is 0. The first-order chi connectivity index (χ1) is 10.3. The molecule has 0 aromatic rings. The Morgan fingerprint density at radius 3 is 2.36 bits per heavy atom. The quantitative estimate of drug-likeness (QED) is 0.503. The minimum Gasteiger partial charge on any atom is -0.470 e. The maximum Gasteiger partial charge on any atom is 0.339 e. The van der Waals surface area contributed by atoms with Crippen LogP contribution in [-0.4, -0.2) is 39.9 Å². The Labute approximate surface area is 135 Å². The van der Waals surface area contributed by atoms with Gasteiger partial charge in [0.15, 0.2) is 8.32 Å². The Morgan fingerprint density at radius 1 is 1.27 bits per heavy atom. The van der Waals surface area contributed by atoms with Crippen LogP contribution >= 0.6 is 0 Å². The molecule has 0 unspecified atom stereocenters. The van der Waals surface area contributed by atoms with Gasteiger partial charge in [-0.25, -0.2) is 4.79 Å². The highest BCUT2D eigenvalue weighted by Crippen LogP contribution is 2.29. The summed E-state index contributed by atoms with van der Waals surface area (Å²) in [7, 11) is -0.257. The van der Waals surface area contributed by atoms with E-state index in [2.05, 4.69) is 20.8 Å². The normalized spacial score (nSPS) is 21.0. The zero-order chi connectivity index (χ0) is 16.8. The largest absolute Gasteiger partial charge is 0.470 e. The summed E-state index contributed by atoms with van der Waals surface area (Å²) < 4.78 is 22.3. The van der Waals surface area contributed by atoms with Gasteiger partial charge >= 0.3 is 5.97 Å². The topological polar surface area (TPSA) is 54.0 Å². The third-order valence-electron chi connectivity index (χ3n) is 4.39. The van der Waals surface area contributed by atoms with E-state index in [1.165, 1.54) is 13.4 Å². The van der Waals surface area contributed by atoms with Crippen molar-refractivity contribution in [2.75, 3.05) is 13.7 Å². The van der Waals surface area contributed by atoms with Gasteiger partial charge in [-0.05, 0) is 18.1 Å². The average Bonchev–Trinajstić information content (AvgIpc) is 2.51. The summed E-state index contributed by atoms with van der Waals surface area (Å²) in [4.78, 5) is 11.8. The van der Waals surface area contributed by atoms with Crippen LogP contribution in [0, 0.1) is 0 Å². The second-order valence-corrected chi connectivity index (χ2v) is 10.8. The third-order valence-corrected chi connectivity index (χ3v) is 9.07. The predicted molar refractivity (Wildman–Crippen MR) is 87.9 cm³/mol. The van der Waals surface area contributed by atoms with Crippen LogP contribution in [0.5, 0.6) is 0 Å². The van der Waals surface area contributed by atoms with Gasteiger partial charge in [-0.3, -0.25) is 0 Å². The molecule has 1 aliphatic heterocycles. The minimum atomic E-state index is -1.62. The highest BCUT2D eigenvalue weighted by atomic mass is 28.4. The Kier molecular flexibility index (Phi) is 7.09. The van der Waals surface area contributed by atoms with Crippen molar-refractivity contribution < 1.29 is 23.4 Å². The van der Waals surface area contributed by atoms with Crippen molar-refractivity contribution in [1.82, 2.24) is 0 Å². The lowest BCUT2D eigenvalue weighted by molar-refractivity contribution is -0.220.